The van der Waals surface area contributed by atoms with Crippen molar-refractivity contribution in [3.05, 3.63) is 59.7 Å². The Morgan fingerprint density at radius 3 is 2.38 bits per heavy atom. The highest BCUT2D eigenvalue weighted by Gasteiger charge is 2.16. The fourth-order valence-corrected chi connectivity index (χ4v) is 5.04. The van der Waals surface area contributed by atoms with Gasteiger partial charge in [-0.15, -0.1) is 5.10 Å². The first-order valence-electron chi connectivity index (χ1n) is 8.24. The predicted molar refractivity (Wildman–Crippen MR) is 102 cm³/mol. The number of thioether (sulfide) groups is 1. The van der Waals surface area contributed by atoms with Gasteiger partial charge in [0.1, 0.15) is 0 Å². The van der Waals surface area contributed by atoms with Crippen LogP contribution in [0.5, 0.6) is 0 Å². The van der Waals surface area contributed by atoms with Crippen LogP contribution in [0.1, 0.15) is 17.5 Å². The summed E-state index contributed by atoms with van der Waals surface area (Å²) in [6.45, 7) is 4.04. The second kappa shape index (κ2) is 8.01. The average molecular weight is 389 g/mol. The Morgan fingerprint density at radius 1 is 1.00 bits per heavy atom. The zero-order valence-electron chi connectivity index (χ0n) is 14.7. The SMILES string of the molecule is Cc1cccc(C)c1-n1nnnc1SCCCS(=O)(=O)c1ccccc1. The highest BCUT2D eigenvalue weighted by Crippen LogP contribution is 2.24. The van der Waals surface area contributed by atoms with Gasteiger partial charge in [0.2, 0.25) is 5.16 Å². The third-order valence-electron chi connectivity index (χ3n) is 3.98. The van der Waals surface area contributed by atoms with Crippen molar-refractivity contribution in [3.8, 4) is 5.69 Å². The van der Waals surface area contributed by atoms with Gasteiger partial charge in [-0.3, -0.25) is 0 Å². The van der Waals surface area contributed by atoms with Crippen molar-refractivity contribution in [1.29, 1.82) is 0 Å². The summed E-state index contributed by atoms with van der Waals surface area (Å²) in [7, 11) is -3.25. The van der Waals surface area contributed by atoms with Crippen molar-refractivity contribution in [2.24, 2.45) is 0 Å². The molecule has 0 bridgehead atoms. The van der Waals surface area contributed by atoms with Crippen molar-refractivity contribution < 1.29 is 8.42 Å². The number of hydrogen-bond acceptors (Lipinski definition) is 6. The van der Waals surface area contributed by atoms with E-state index in [9.17, 15) is 8.42 Å². The van der Waals surface area contributed by atoms with Crippen LogP contribution in [-0.2, 0) is 9.84 Å². The number of aromatic nitrogens is 4. The standard InChI is InChI=1S/C18H20N4O2S2/c1-14-8-6-9-15(2)17(14)22-18(19-20-21-22)25-12-7-13-26(23,24)16-10-4-3-5-11-16/h3-6,8-11H,7,12-13H2,1-2H3. The Morgan fingerprint density at radius 2 is 1.69 bits per heavy atom. The molecule has 2 aromatic carbocycles. The molecule has 0 unspecified atom stereocenters. The van der Waals surface area contributed by atoms with Crippen LogP contribution in [0.4, 0.5) is 0 Å². The normalized spacial score (nSPS) is 11.6. The van der Waals surface area contributed by atoms with Crippen LogP contribution in [0.25, 0.3) is 5.69 Å². The van der Waals surface area contributed by atoms with Crippen molar-refractivity contribution in [1.82, 2.24) is 20.2 Å². The van der Waals surface area contributed by atoms with E-state index in [0.717, 1.165) is 16.8 Å². The van der Waals surface area contributed by atoms with Crippen LogP contribution in [0.15, 0.2) is 58.6 Å². The molecule has 3 aromatic rings. The number of rotatable bonds is 7. The molecule has 0 saturated carbocycles. The number of para-hydroxylation sites is 1. The molecule has 0 spiro atoms. The molecule has 0 fully saturated rings. The van der Waals surface area contributed by atoms with Gasteiger partial charge >= 0.3 is 0 Å². The Balaban J connectivity index is 1.65. The van der Waals surface area contributed by atoms with Gasteiger partial charge in [-0.1, -0.05) is 48.2 Å². The minimum atomic E-state index is -3.25. The van der Waals surface area contributed by atoms with E-state index in [2.05, 4.69) is 15.5 Å². The lowest BCUT2D eigenvalue weighted by Crippen LogP contribution is -2.08. The lowest BCUT2D eigenvalue weighted by atomic mass is 10.1. The maximum absolute atomic E-state index is 12.3. The molecule has 0 N–H and O–H groups in total. The molecule has 26 heavy (non-hydrogen) atoms. The van der Waals surface area contributed by atoms with Crippen LogP contribution in [0, 0.1) is 13.8 Å². The van der Waals surface area contributed by atoms with E-state index in [0.29, 0.717) is 22.2 Å². The number of tetrazole rings is 1. The van der Waals surface area contributed by atoms with E-state index in [4.69, 9.17) is 0 Å². The molecule has 3 rings (SSSR count). The van der Waals surface area contributed by atoms with E-state index < -0.39 is 9.84 Å². The quantitative estimate of drug-likeness (QED) is 0.457. The topological polar surface area (TPSA) is 77.7 Å². The number of nitrogens with zero attached hydrogens (tertiary/aromatic N) is 4. The Labute approximate surface area is 157 Å². The van der Waals surface area contributed by atoms with Crippen molar-refractivity contribution in [2.45, 2.75) is 30.3 Å². The van der Waals surface area contributed by atoms with E-state index in [-0.39, 0.29) is 5.75 Å². The first-order valence-corrected chi connectivity index (χ1v) is 10.9. The molecule has 0 radical (unpaired) electrons. The van der Waals surface area contributed by atoms with Crippen molar-refractivity contribution >= 4 is 21.6 Å². The van der Waals surface area contributed by atoms with Gasteiger partial charge in [0.05, 0.1) is 16.3 Å². The fraction of sp³-hybridized carbons (Fsp3) is 0.278. The molecular formula is C18H20N4O2S2. The summed E-state index contributed by atoms with van der Waals surface area (Å²) >= 11 is 1.46. The highest BCUT2D eigenvalue weighted by molar-refractivity contribution is 7.99. The van der Waals surface area contributed by atoms with Crippen LogP contribution in [-0.4, -0.2) is 40.1 Å². The van der Waals surface area contributed by atoms with Gasteiger partial charge in [-0.2, -0.15) is 4.68 Å². The number of benzene rings is 2. The van der Waals surface area contributed by atoms with E-state index in [1.165, 1.54) is 11.8 Å². The maximum atomic E-state index is 12.3. The van der Waals surface area contributed by atoms with Gasteiger partial charge < -0.3 is 0 Å². The maximum Gasteiger partial charge on any atom is 0.214 e. The molecule has 0 amide bonds. The van der Waals surface area contributed by atoms with Crippen LogP contribution in [0.2, 0.25) is 0 Å². The summed E-state index contributed by atoms with van der Waals surface area (Å²) in [6, 6.07) is 14.6. The molecule has 1 aromatic heterocycles. The molecule has 1 heterocycles. The molecule has 136 valence electrons. The second-order valence-electron chi connectivity index (χ2n) is 5.95. The fourth-order valence-electron chi connectivity index (χ4n) is 2.71. The highest BCUT2D eigenvalue weighted by atomic mass is 32.2. The summed E-state index contributed by atoms with van der Waals surface area (Å²) in [4.78, 5) is 0.366. The van der Waals surface area contributed by atoms with E-state index in [1.807, 2.05) is 38.1 Å². The van der Waals surface area contributed by atoms with Gasteiger partial charge in [0, 0.05) is 5.75 Å². The lowest BCUT2D eigenvalue weighted by molar-refractivity contribution is 0.595. The zero-order valence-corrected chi connectivity index (χ0v) is 16.3. The minimum absolute atomic E-state index is 0.106. The van der Waals surface area contributed by atoms with Crippen LogP contribution in [0.3, 0.4) is 0 Å². The number of aryl methyl sites for hydroxylation is 2. The molecule has 6 nitrogen and oxygen atoms in total. The summed E-state index contributed by atoms with van der Waals surface area (Å²) in [6.07, 6.45) is 0.529. The largest absolute Gasteiger partial charge is 0.224 e. The van der Waals surface area contributed by atoms with E-state index in [1.54, 1.807) is 28.9 Å². The third-order valence-corrected chi connectivity index (χ3v) is 6.81. The molecule has 0 aliphatic carbocycles. The summed E-state index contributed by atoms with van der Waals surface area (Å²) in [5.41, 5.74) is 3.15. The van der Waals surface area contributed by atoms with Crippen LogP contribution < -0.4 is 0 Å². The summed E-state index contributed by atoms with van der Waals surface area (Å²) < 4.78 is 26.4. The lowest BCUT2D eigenvalue weighted by Gasteiger charge is -2.10. The smallest absolute Gasteiger partial charge is 0.214 e. The zero-order chi connectivity index (χ0) is 18.6. The van der Waals surface area contributed by atoms with Gasteiger partial charge in [-0.25, -0.2) is 8.42 Å². The molecule has 8 heteroatoms. The number of hydrogen-bond donors (Lipinski definition) is 0. The molecule has 0 saturated heterocycles. The van der Waals surface area contributed by atoms with E-state index >= 15 is 0 Å². The minimum Gasteiger partial charge on any atom is -0.224 e. The van der Waals surface area contributed by atoms with Gasteiger partial charge in [-0.05, 0) is 54.0 Å². The third kappa shape index (κ3) is 4.13. The first-order chi connectivity index (χ1) is 12.5. The Hall–Kier alpha value is -2.19. The predicted octanol–water partition coefficient (Wildman–Crippen LogP) is 3.24. The number of sulfone groups is 1. The molecule has 0 atom stereocenters. The Bertz CT molecular complexity index is 965. The molecule has 0 aliphatic heterocycles. The van der Waals surface area contributed by atoms with Crippen LogP contribution >= 0.6 is 11.8 Å². The molecule has 0 aliphatic rings. The average Bonchev–Trinajstić information content (AvgIpc) is 3.07. The second-order valence-corrected chi connectivity index (χ2v) is 9.12. The van der Waals surface area contributed by atoms with Gasteiger partial charge in [0.25, 0.3) is 0 Å². The monoisotopic (exact) mass is 388 g/mol. The summed E-state index contributed by atoms with van der Waals surface area (Å²) in [5, 5.41) is 12.6. The van der Waals surface area contributed by atoms with Crippen molar-refractivity contribution in [2.75, 3.05) is 11.5 Å². The summed E-state index contributed by atoms with van der Waals surface area (Å²) in [5.74, 6) is 0.729. The first kappa shape index (κ1) is 18.6. The molecular weight excluding hydrogens is 368 g/mol. The van der Waals surface area contributed by atoms with Crippen molar-refractivity contribution in [3.63, 3.8) is 0 Å². The Kier molecular flexibility index (Phi) is 5.73. The van der Waals surface area contributed by atoms with Gasteiger partial charge in [0.15, 0.2) is 9.84 Å².